The average Bonchev–Trinajstić information content (AvgIpc) is 2.18. The van der Waals surface area contributed by atoms with Gasteiger partial charge in [0.05, 0.1) is 0 Å². The van der Waals surface area contributed by atoms with E-state index in [1.807, 2.05) is 0 Å². The normalized spacial score (nSPS) is 24.7. The van der Waals surface area contributed by atoms with Crippen LogP contribution in [0.15, 0.2) is 12.2 Å². The predicted octanol–water partition coefficient (Wildman–Crippen LogP) is 2.43. The van der Waals surface area contributed by atoms with Crippen molar-refractivity contribution in [1.29, 1.82) is 0 Å². The molecule has 2 unspecified atom stereocenters. The number of rotatable bonds is 5. The second-order valence-corrected chi connectivity index (χ2v) is 5.05. The highest BCUT2D eigenvalue weighted by atomic mass is 16.3. The molecule has 1 aliphatic heterocycles. The molecule has 2 atom stereocenters. The van der Waals surface area contributed by atoms with Gasteiger partial charge in [-0.15, -0.1) is 0 Å². The van der Waals surface area contributed by atoms with Gasteiger partial charge in [0.15, 0.2) is 0 Å². The van der Waals surface area contributed by atoms with Crippen LogP contribution >= 0.6 is 0 Å². The molecule has 0 amide bonds. The Morgan fingerprint density at radius 3 is 2.67 bits per heavy atom. The van der Waals surface area contributed by atoms with Gasteiger partial charge in [0.25, 0.3) is 0 Å². The van der Waals surface area contributed by atoms with Crippen molar-refractivity contribution < 1.29 is 5.11 Å². The Balaban J connectivity index is 2.52. The molecule has 0 saturated heterocycles. The van der Waals surface area contributed by atoms with E-state index in [9.17, 15) is 0 Å². The summed E-state index contributed by atoms with van der Waals surface area (Å²) < 4.78 is 0. The van der Waals surface area contributed by atoms with Gasteiger partial charge < -0.3 is 5.11 Å². The minimum atomic E-state index is 0.309. The van der Waals surface area contributed by atoms with E-state index < -0.39 is 0 Å². The molecule has 1 rings (SSSR count). The monoisotopic (exact) mass is 211 g/mol. The number of nitrogens with zero attached hydrogens (tertiary/aromatic N) is 1. The highest BCUT2D eigenvalue weighted by Crippen LogP contribution is 2.21. The topological polar surface area (TPSA) is 23.5 Å². The van der Waals surface area contributed by atoms with Gasteiger partial charge >= 0.3 is 0 Å². The van der Waals surface area contributed by atoms with Gasteiger partial charge in [0.1, 0.15) is 0 Å². The number of aliphatic hydroxyl groups is 1. The second-order valence-electron chi connectivity index (χ2n) is 5.05. The van der Waals surface area contributed by atoms with Gasteiger partial charge in [-0.05, 0) is 32.1 Å². The second kappa shape index (κ2) is 6.29. The Bertz CT molecular complexity index is 201. The fourth-order valence-electron chi connectivity index (χ4n) is 2.52. The lowest BCUT2D eigenvalue weighted by molar-refractivity contribution is 0.113. The van der Waals surface area contributed by atoms with E-state index in [2.05, 4.69) is 37.8 Å². The molecule has 0 aromatic heterocycles. The van der Waals surface area contributed by atoms with Crippen molar-refractivity contribution >= 4 is 0 Å². The lowest BCUT2D eigenvalue weighted by Gasteiger charge is -2.38. The Morgan fingerprint density at radius 2 is 2.07 bits per heavy atom. The maximum atomic E-state index is 9.05. The minimum Gasteiger partial charge on any atom is -0.396 e. The van der Waals surface area contributed by atoms with Crippen molar-refractivity contribution in [3.05, 3.63) is 12.2 Å². The third-order valence-electron chi connectivity index (χ3n) is 3.20. The Labute approximate surface area is 94.0 Å². The zero-order chi connectivity index (χ0) is 11.3. The van der Waals surface area contributed by atoms with Crippen molar-refractivity contribution in [3.8, 4) is 0 Å². The fourth-order valence-corrected chi connectivity index (χ4v) is 2.52. The molecule has 0 saturated carbocycles. The fraction of sp³-hybridized carbons (Fsp3) is 0.846. The number of aliphatic hydroxyl groups excluding tert-OH is 1. The van der Waals surface area contributed by atoms with Gasteiger partial charge in [0, 0.05) is 25.2 Å². The van der Waals surface area contributed by atoms with Crippen LogP contribution in [0.2, 0.25) is 0 Å². The summed E-state index contributed by atoms with van der Waals surface area (Å²) in [5.41, 5.74) is 0. The average molecular weight is 211 g/mol. The number of hydrogen-bond acceptors (Lipinski definition) is 2. The summed E-state index contributed by atoms with van der Waals surface area (Å²) in [5, 5.41) is 9.05. The summed E-state index contributed by atoms with van der Waals surface area (Å²) in [6, 6.07) is 1.18. The third-order valence-corrected chi connectivity index (χ3v) is 3.20. The minimum absolute atomic E-state index is 0.309. The molecule has 0 bridgehead atoms. The van der Waals surface area contributed by atoms with Gasteiger partial charge in [-0.3, -0.25) is 4.90 Å². The standard InChI is InChI=1S/C13H25NO/c1-11(2)10-12(3)14-8-5-4-6-13(14)7-9-15/h4-5,11-13,15H,6-10H2,1-3H3. The summed E-state index contributed by atoms with van der Waals surface area (Å²) >= 11 is 0. The first kappa shape index (κ1) is 12.7. The van der Waals surface area contributed by atoms with Crippen LogP contribution in [0, 0.1) is 5.92 Å². The first-order valence-electron chi connectivity index (χ1n) is 6.16. The summed E-state index contributed by atoms with van der Waals surface area (Å²) in [7, 11) is 0. The van der Waals surface area contributed by atoms with E-state index in [0.29, 0.717) is 18.7 Å². The molecule has 1 heterocycles. The predicted molar refractivity (Wildman–Crippen MR) is 64.9 cm³/mol. The molecule has 0 radical (unpaired) electrons. The zero-order valence-corrected chi connectivity index (χ0v) is 10.3. The van der Waals surface area contributed by atoms with E-state index in [1.165, 1.54) is 6.42 Å². The molecule has 1 aliphatic rings. The highest BCUT2D eigenvalue weighted by molar-refractivity contribution is 4.97. The van der Waals surface area contributed by atoms with E-state index in [-0.39, 0.29) is 0 Å². The third kappa shape index (κ3) is 3.96. The summed E-state index contributed by atoms with van der Waals surface area (Å²) in [4.78, 5) is 2.54. The maximum absolute atomic E-state index is 9.05. The zero-order valence-electron chi connectivity index (χ0n) is 10.3. The molecule has 15 heavy (non-hydrogen) atoms. The molecule has 2 heteroatoms. The van der Waals surface area contributed by atoms with Crippen LogP contribution in [-0.4, -0.2) is 35.2 Å². The van der Waals surface area contributed by atoms with Crippen LogP contribution in [0.4, 0.5) is 0 Å². The van der Waals surface area contributed by atoms with Gasteiger partial charge in [-0.1, -0.05) is 26.0 Å². The van der Waals surface area contributed by atoms with E-state index >= 15 is 0 Å². The lowest BCUT2D eigenvalue weighted by atomic mass is 9.98. The van der Waals surface area contributed by atoms with E-state index in [4.69, 9.17) is 5.11 Å². The van der Waals surface area contributed by atoms with Gasteiger partial charge in [-0.25, -0.2) is 0 Å². The molecular formula is C13H25NO. The first-order chi connectivity index (χ1) is 7.15. The van der Waals surface area contributed by atoms with Crippen LogP contribution < -0.4 is 0 Å². The SMILES string of the molecule is CC(C)CC(C)N1CC=CCC1CCO. The summed E-state index contributed by atoms with van der Waals surface area (Å²) in [5.74, 6) is 0.751. The highest BCUT2D eigenvalue weighted by Gasteiger charge is 2.23. The Kier molecular flexibility index (Phi) is 5.34. The molecule has 0 spiro atoms. The maximum Gasteiger partial charge on any atom is 0.0446 e. The Hall–Kier alpha value is -0.340. The molecule has 88 valence electrons. The van der Waals surface area contributed by atoms with Gasteiger partial charge in [0.2, 0.25) is 0 Å². The van der Waals surface area contributed by atoms with Crippen LogP contribution in [0.1, 0.15) is 40.0 Å². The molecule has 0 fully saturated rings. The smallest absolute Gasteiger partial charge is 0.0446 e. The van der Waals surface area contributed by atoms with Crippen LogP contribution in [0.5, 0.6) is 0 Å². The molecule has 0 aromatic carbocycles. The molecule has 0 aliphatic carbocycles. The molecule has 0 aromatic rings. The van der Waals surface area contributed by atoms with Crippen molar-refractivity contribution in [2.75, 3.05) is 13.2 Å². The first-order valence-corrected chi connectivity index (χ1v) is 6.16. The van der Waals surface area contributed by atoms with E-state index in [0.717, 1.165) is 25.3 Å². The Morgan fingerprint density at radius 1 is 1.33 bits per heavy atom. The number of hydrogen-bond donors (Lipinski definition) is 1. The van der Waals surface area contributed by atoms with Crippen LogP contribution in [0.25, 0.3) is 0 Å². The van der Waals surface area contributed by atoms with E-state index in [1.54, 1.807) is 0 Å². The quantitative estimate of drug-likeness (QED) is 0.706. The van der Waals surface area contributed by atoms with Crippen molar-refractivity contribution in [3.63, 3.8) is 0 Å². The van der Waals surface area contributed by atoms with Crippen LogP contribution in [0.3, 0.4) is 0 Å². The van der Waals surface area contributed by atoms with Crippen molar-refractivity contribution in [1.82, 2.24) is 4.90 Å². The van der Waals surface area contributed by atoms with Crippen LogP contribution in [-0.2, 0) is 0 Å². The molecule has 2 nitrogen and oxygen atoms in total. The van der Waals surface area contributed by atoms with Crippen molar-refractivity contribution in [2.45, 2.75) is 52.1 Å². The largest absolute Gasteiger partial charge is 0.396 e. The lowest BCUT2D eigenvalue weighted by Crippen LogP contribution is -2.44. The van der Waals surface area contributed by atoms with Crippen molar-refractivity contribution in [2.24, 2.45) is 5.92 Å². The summed E-state index contributed by atoms with van der Waals surface area (Å²) in [6.07, 6.45) is 7.76. The molecule has 1 N–H and O–H groups in total. The summed E-state index contributed by atoms with van der Waals surface area (Å²) in [6.45, 7) is 8.22. The molecular weight excluding hydrogens is 186 g/mol. The van der Waals surface area contributed by atoms with Gasteiger partial charge in [-0.2, -0.15) is 0 Å².